The third kappa shape index (κ3) is 5.58. The van der Waals surface area contributed by atoms with Crippen LogP contribution in [0.4, 0.5) is 14.9 Å². The Hall–Kier alpha value is -2.89. The predicted molar refractivity (Wildman–Crippen MR) is 97.3 cm³/mol. The lowest BCUT2D eigenvalue weighted by Crippen LogP contribution is -2.27. The van der Waals surface area contributed by atoms with Gasteiger partial charge in [0.15, 0.2) is 5.78 Å². The number of benzene rings is 2. The number of carbonyl (C=O) groups excluding carboxylic acids is 2. The minimum atomic E-state index is -0.646. The summed E-state index contributed by atoms with van der Waals surface area (Å²) in [4.78, 5) is 24.5. The van der Waals surface area contributed by atoms with Crippen LogP contribution in [0.5, 0.6) is 5.75 Å². The molecular formula is C20H22FNO4. The van der Waals surface area contributed by atoms with Gasteiger partial charge in [0, 0.05) is 18.1 Å². The summed E-state index contributed by atoms with van der Waals surface area (Å²) in [5.74, 6) is -0.0604. The molecule has 0 radical (unpaired) electrons. The van der Waals surface area contributed by atoms with E-state index in [1.165, 1.54) is 31.4 Å². The van der Waals surface area contributed by atoms with Crippen molar-refractivity contribution in [1.29, 1.82) is 0 Å². The molecule has 0 fully saturated rings. The fourth-order valence-electron chi connectivity index (χ4n) is 2.28. The molecule has 0 unspecified atom stereocenters. The summed E-state index contributed by atoms with van der Waals surface area (Å²) in [5.41, 5.74) is 0.776. The summed E-state index contributed by atoms with van der Waals surface area (Å²) in [7, 11) is 1.51. The van der Waals surface area contributed by atoms with E-state index in [1.807, 2.05) is 0 Å². The molecule has 2 rings (SSSR count). The predicted octanol–water partition coefficient (Wildman–Crippen LogP) is 4.61. The average Bonchev–Trinajstić information content (AvgIpc) is 2.55. The van der Waals surface area contributed by atoms with Gasteiger partial charge in [0.2, 0.25) is 0 Å². The van der Waals surface area contributed by atoms with Gasteiger partial charge in [-0.15, -0.1) is 0 Å². The van der Waals surface area contributed by atoms with Crippen molar-refractivity contribution < 1.29 is 23.5 Å². The van der Waals surface area contributed by atoms with E-state index in [-0.39, 0.29) is 12.2 Å². The van der Waals surface area contributed by atoms with Crippen LogP contribution in [0.2, 0.25) is 0 Å². The molecule has 0 saturated heterocycles. The van der Waals surface area contributed by atoms with Crippen LogP contribution in [0.15, 0.2) is 42.5 Å². The first kappa shape index (κ1) is 19.4. The topological polar surface area (TPSA) is 64.6 Å². The number of ketones is 1. The Kier molecular flexibility index (Phi) is 5.97. The Morgan fingerprint density at radius 1 is 1.08 bits per heavy atom. The maximum Gasteiger partial charge on any atom is 0.412 e. The number of nitrogens with one attached hydrogen (secondary N) is 1. The second-order valence-electron chi connectivity index (χ2n) is 6.76. The molecule has 2 aromatic carbocycles. The van der Waals surface area contributed by atoms with Crippen LogP contribution in [0.3, 0.4) is 0 Å². The number of rotatable bonds is 5. The SMILES string of the molecule is COc1ccc(CC(=O)c2ccc(F)cc2)c(NC(=O)OC(C)(C)C)c1. The summed E-state index contributed by atoms with van der Waals surface area (Å²) in [6.45, 7) is 5.28. The quantitative estimate of drug-likeness (QED) is 0.792. The Morgan fingerprint density at radius 2 is 1.73 bits per heavy atom. The molecule has 0 heterocycles. The smallest absolute Gasteiger partial charge is 0.412 e. The molecule has 2 aromatic rings. The van der Waals surface area contributed by atoms with Crippen molar-refractivity contribution in [2.75, 3.05) is 12.4 Å². The Labute approximate surface area is 152 Å². The van der Waals surface area contributed by atoms with Crippen molar-refractivity contribution in [2.24, 2.45) is 0 Å². The van der Waals surface area contributed by atoms with Gasteiger partial charge in [-0.3, -0.25) is 10.1 Å². The third-order valence-electron chi connectivity index (χ3n) is 3.47. The van der Waals surface area contributed by atoms with Crippen LogP contribution in [0.25, 0.3) is 0 Å². The Balaban J connectivity index is 2.23. The summed E-state index contributed by atoms with van der Waals surface area (Å²) in [6.07, 6.45) is -0.581. The molecule has 5 nitrogen and oxygen atoms in total. The lowest BCUT2D eigenvalue weighted by Gasteiger charge is -2.20. The first-order valence-corrected chi connectivity index (χ1v) is 8.13. The van der Waals surface area contributed by atoms with E-state index < -0.39 is 17.5 Å². The minimum Gasteiger partial charge on any atom is -0.497 e. The largest absolute Gasteiger partial charge is 0.497 e. The van der Waals surface area contributed by atoms with Crippen molar-refractivity contribution in [3.8, 4) is 5.75 Å². The van der Waals surface area contributed by atoms with Gasteiger partial charge in [0.1, 0.15) is 17.2 Å². The highest BCUT2D eigenvalue weighted by Crippen LogP contribution is 2.25. The van der Waals surface area contributed by atoms with Gasteiger partial charge < -0.3 is 9.47 Å². The number of Topliss-reactive ketones (excluding diaryl/α,β-unsaturated/α-hetero) is 1. The molecule has 0 saturated carbocycles. The number of carbonyl (C=O) groups is 2. The summed E-state index contributed by atoms with van der Waals surface area (Å²) in [6, 6.07) is 10.4. The molecule has 0 aliphatic heterocycles. The number of methoxy groups -OCH3 is 1. The van der Waals surface area contributed by atoms with Gasteiger partial charge in [-0.05, 0) is 56.7 Å². The summed E-state index contributed by atoms with van der Waals surface area (Å²) in [5, 5.41) is 2.65. The average molecular weight is 359 g/mol. The molecule has 0 aliphatic rings. The number of ether oxygens (including phenoxy) is 2. The van der Waals surface area contributed by atoms with Crippen LogP contribution in [-0.4, -0.2) is 24.6 Å². The monoisotopic (exact) mass is 359 g/mol. The molecule has 0 spiro atoms. The highest BCUT2D eigenvalue weighted by atomic mass is 19.1. The molecule has 0 bridgehead atoms. The van der Waals surface area contributed by atoms with Crippen LogP contribution in [0, 0.1) is 5.82 Å². The van der Waals surface area contributed by atoms with Gasteiger partial charge in [-0.25, -0.2) is 9.18 Å². The zero-order valence-electron chi connectivity index (χ0n) is 15.3. The van der Waals surface area contributed by atoms with Crippen LogP contribution in [0.1, 0.15) is 36.7 Å². The highest BCUT2D eigenvalue weighted by Gasteiger charge is 2.18. The second kappa shape index (κ2) is 7.99. The van der Waals surface area contributed by atoms with Gasteiger partial charge in [-0.1, -0.05) is 6.07 Å². The number of hydrogen-bond acceptors (Lipinski definition) is 4. The number of halogens is 1. The lowest BCUT2D eigenvalue weighted by molar-refractivity contribution is 0.0635. The van der Waals surface area contributed by atoms with E-state index in [1.54, 1.807) is 39.0 Å². The van der Waals surface area contributed by atoms with Crippen molar-refractivity contribution in [2.45, 2.75) is 32.8 Å². The maximum absolute atomic E-state index is 13.0. The lowest BCUT2D eigenvalue weighted by atomic mass is 10.0. The highest BCUT2D eigenvalue weighted by molar-refractivity contribution is 5.99. The zero-order chi connectivity index (χ0) is 19.3. The molecule has 1 amide bonds. The molecule has 138 valence electrons. The zero-order valence-corrected chi connectivity index (χ0v) is 15.3. The van der Waals surface area contributed by atoms with E-state index in [0.29, 0.717) is 22.6 Å². The van der Waals surface area contributed by atoms with E-state index in [9.17, 15) is 14.0 Å². The molecular weight excluding hydrogens is 337 g/mol. The molecule has 6 heteroatoms. The van der Waals surface area contributed by atoms with E-state index in [0.717, 1.165) is 0 Å². The first-order valence-electron chi connectivity index (χ1n) is 8.13. The van der Waals surface area contributed by atoms with Crippen molar-refractivity contribution in [1.82, 2.24) is 0 Å². The number of anilines is 1. The summed E-state index contributed by atoms with van der Waals surface area (Å²) >= 11 is 0. The maximum atomic E-state index is 13.0. The fourth-order valence-corrected chi connectivity index (χ4v) is 2.28. The molecule has 0 aromatic heterocycles. The number of hydrogen-bond donors (Lipinski definition) is 1. The van der Waals surface area contributed by atoms with Crippen molar-refractivity contribution in [3.63, 3.8) is 0 Å². The second-order valence-corrected chi connectivity index (χ2v) is 6.76. The molecule has 0 atom stereocenters. The molecule has 0 aliphatic carbocycles. The van der Waals surface area contributed by atoms with E-state index in [2.05, 4.69) is 5.32 Å². The van der Waals surface area contributed by atoms with Gasteiger partial charge >= 0.3 is 6.09 Å². The van der Waals surface area contributed by atoms with Crippen LogP contribution < -0.4 is 10.1 Å². The van der Waals surface area contributed by atoms with Crippen molar-refractivity contribution in [3.05, 3.63) is 59.4 Å². The van der Waals surface area contributed by atoms with Crippen molar-refractivity contribution >= 4 is 17.6 Å². The first-order chi connectivity index (χ1) is 12.2. The van der Waals surface area contributed by atoms with Gasteiger partial charge in [0.25, 0.3) is 0 Å². The Bertz CT molecular complexity index is 794. The van der Waals surface area contributed by atoms with Crippen LogP contribution in [-0.2, 0) is 11.2 Å². The Morgan fingerprint density at radius 3 is 2.31 bits per heavy atom. The van der Waals surface area contributed by atoms with Crippen LogP contribution >= 0.6 is 0 Å². The molecule has 26 heavy (non-hydrogen) atoms. The number of amides is 1. The van der Waals surface area contributed by atoms with Gasteiger partial charge in [-0.2, -0.15) is 0 Å². The van der Waals surface area contributed by atoms with E-state index >= 15 is 0 Å². The molecule has 1 N–H and O–H groups in total. The van der Waals surface area contributed by atoms with E-state index in [4.69, 9.17) is 9.47 Å². The minimum absolute atomic E-state index is 0.0424. The normalized spacial score (nSPS) is 11.0. The third-order valence-corrected chi connectivity index (χ3v) is 3.47. The standard InChI is InChI=1S/C20H22FNO4/c1-20(2,3)26-19(24)22-17-12-16(25-4)10-7-14(17)11-18(23)13-5-8-15(21)9-6-13/h5-10,12H,11H2,1-4H3,(H,22,24). The fraction of sp³-hybridized carbons (Fsp3) is 0.300. The van der Waals surface area contributed by atoms with Gasteiger partial charge in [0.05, 0.1) is 12.8 Å². The summed E-state index contributed by atoms with van der Waals surface area (Å²) < 4.78 is 23.4.